The predicted octanol–water partition coefficient (Wildman–Crippen LogP) is 1.04. The number of likely N-dealkylation sites (N-methyl/N-ethyl adjacent to an activating group) is 1. The van der Waals surface area contributed by atoms with Gasteiger partial charge in [-0.15, -0.1) is 0 Å². The minimum absolute atomic E-state index is 0.0325. The molecule has 1 aromatic rings. The van der Waals surface area contributed by atoms with Crippen LogP contribution in [0.3, 0.4) is 0 Å². The third-order valence-electron chi connectivity index (χ3n) is 4.58. The van der Waals surface area contributed by atoms with Crippen molar-refractivity contribution in [3.63, 3.8) is 0 Å². The Morgan fingerprint density at radius 3 is 3.05 bits per heavy atom. The Morgan fingerprint density at radius 2 is 2.37 bits per heavy atom. The molecule has 5 nitrogen and oxygen atoms in total. The molecule has 1 amide bonds. The van der Waals surface area contributed by atoms with Crippen LogP contribution in [-0.4, -0.2) is 46.0 Å². The molecule has 2 aliphatic rings. The molecule has 1 aromatic heterocycles. The molecule has 0 radical (unpaired) electrons. The number of nitrogens with one attached hydrogen (secondary N) is 1. The average Bonchev–Trinajstić information content (AvgIpc) is 3.04. The summed E-state index contributed by atoms with van der Waals surface area (Å²) in [5, 5.41) is 3.02. The summed E-state index contributed by atoms with van der Waals surface area (Å²) in [6.07, 6.45) is 6.41. The predicted molar refractivity (Wildman–Crippen MR) is 73.1 cm³/mol. The number of rotatable bonds is 3. The van der Waals surface area contributed by atoms with Crippen LogP contribution in [0.2, 0.25) is 0 Å². The van der Waals surface area contributed by atoms with Gasteiger partial charge in [0.15, 0.2) is 0 Å². The molecule has 0 bridgehead atoms. The second-order valence-electron chi connectivity index (χ2n) is 5.80. The van der Waals surface area contributed by atoms with Crippen LogP contribution in [0.5, 0.6) is 0 Å². The molecule has 0 spiro atoms. The molecular weight excluding hydrogens is 240 g/mol. The second kappa shape index (κ2) is 4.96. The molecule has 1 saturated heterocycles. The number of imidazole rings is 1. The first-order valence-corrected chi connectivity index (χ1v) is 7.21. The highest BCUT2D eigenvalue weighted by molar-refractivity contribution is 5.92. The van der Waals surface area contributed by atoms with Crippen LogP contribution in [0, 0.1) is 0 Å². The Kier molecular flexibility index (Phi) is 3.31. The zero-order valence-corrected chi connectivity index (χ0v) is 11.7. The smallest absolute Gasteiger partial charge is 0.271 e. The fraction of sp³-hybridized carbons (Fsp3) is 0.714. The fourth-order valence-corrected chi connectivity index (χ4v) is 3.11. The second-order valence-corrected chi connectivity index (χ2v) is 5.80. The molecule has 2 aliphatic heterocycles. The van der Waals surface area contributed by atoms with Gasteiger partial charge in [-0.25, -0.2) is 4.98 Å². The van der Waals surface area contributed by atoms with Gasteiger partial charge >= 0.3 is 0 Å². The lowest BCUT2D eigenvalue weighted by Gasteiger charge is -2.23. The van der Waals surface area contributed by atoms with Crippen molar-refractivity contribution in [2.24, 2.45) is 0 Å². The van der Waals surface area contributed by atoms with Crippen molar-refractivity contribution in [1.82, 2.24) is 19.8 Å². The van der Waals surface area contributed by atoms with Gasteiger partial charge in [0.1, 0.15) is 11.5 Å². The highest BCUT2D eigenvalue weighted by atomic mass is 16.1. The molecule has 2 atom stereocenters. The van der Waals surface area contributed by atoms with Crippen molar-refractivity contribution in [3.8, 4) is 0 Å². The van der Waals surface area contributed by atoms with Gasteiger partial charge in [0, 0.05) is 37.8 Å². The average molecular weight is 262 g/mol. The molecule has 0 unspecified atom stereocenters. The summed E-state index contributed by atoms with van der Waals surface area (Å²) in [5.41, 5.74) is 0.573. The van der Waals surface area contributed by atoms with Crippen LogP contribution in [-0.2, 0) is 13.0 Å². The summed E-state index contributed by atoms with van der Waals surface area (Å²) in [6, 6.07) is 1.09. The third kappa shape index (κ3) is 2.39. The number of hydrogen-bond donors (Lipinski definition) is 1. The Bertz CT molecular complexity index is 460. The summed E-state index contributed by atoms with van der Waals surface area (Å²) >= 11 is 0. The zero-order valence-electron chi connectivity index (χ0n) is 11.7. The van der Waals surface area contributed by atoms with E-state index >= 15 is 0 Å². The van der Waals surface area contributed by atoms with Gasteiger partial charge in [-0.1, -0.05) is 0 Å². The van der Waals surface area contributed by atoms with E-state index in [1.807, 2.05) is 6.20 Å². The van der Waals surface area contributed by atoms with E-state index < -0.39 is 0 Å². The fourth-order valence-electron chi connectivity index (χ4n) is 3.11. The molecule has 3 heterocycles. The zero-order chi connectivity index (χ0) is 13.4. The van der Waals surface area contributed by atoms with Crippen molar-refractivity contribution in [3.05, 3.63) is 17.7 Å². The number of likely N-dealkylation sites (tertiary alicyclic amines) is 1. The molecule has 3 rings (SSSR count). The van der Waals surface area contributed by atoms with Gasteiger partial charge in [-0.05, 0) is 33.2 Å². The molecule has 0 aromatic carbocycles. The number of aryl methyl sites for hydroxylation is 2. The highest BCUT2D eigenvalue weighted by Gasteiger charge is 2.27. The number of amides is 1. The minimum Gasteiger partial charge on any atom is -0.349 e. The van der Waals surface area contributed by atoms with Gasteiger partial charge in [0.2, 0.25) is 0 Å². The SMILES string of the molecule is C[C@H]1CC[C@@H](CNC(=O)c2cn3c(n2)CCC3)N1C. The van der Waals surface area contributed by atoms with E-state index in [9.17, 15) is 4.79 Å². The summed E-state index contributed by atoms with van der Waals surface area (Å²) in [5.74, 6) is 1.02. The maximum Gasteiger partial charge on any atom is 0.271 e. The van der Waals surface area contributed by atoms with E-state index in [2.05, 4.69) is 33.7 Å². The van der Waals surface area contributed by atoms with Gasteiger partial charge in [-0.3, -0.25) is 9.69 Å². The largest absolute Gasteiger partial charge is 0.349 e. The van der Waals surface area contributed by atoms with E-state index in [0.717, 1.165) is 38.2 Å². The molecule has 5 heteroatoms. The van der Waals surface area contributed by atoms with Crippen molar-refractivity contribution in [1.29, 1.82) is 0 Å². The molecule has 1 N–H and O–H groups in total. The normalized spacial score (nSPS) is 26.6. The Balaban J connectivity index is 1.56. The maximum absolute atomic E-state index is 12.1. The topological polar surface area (TPSA) is 50.2 Å². The lowest BCUT2D eigenvalue weighted by Crippen LogP contribution is -2.40. The highest BCUT2D eigenvalue weighted by Crippen LogP contribution is 2.21. The van der Waals surface area contributed by atoms with E-state index in [1.54, 1.807) is 0 Å². The number of carbonyl (C=O) groups is 1. The first kappa shape index (κ1) is 12.7. The van der Waals surface area contributed by atoms with Crippen LogP contribution < -0.4 is 5.32 Å². The monoisotopic (exact) mass is 262 g/mol. The van der Waals surface area contributed by atoms with Crippen LogP contribution >= 0.6 is 0 Å². The maximum atomic E-state index is 12.1. The van der Waals surface area contributed by atoms with Gasteiger partial charge in [-0.2, -0.15) is 0 Å². The van der Waals surface area contributed by atoms with Crippen LogP contribution in [0.1, 0.15) is 42.5 Å². The quantitative estimate of drug-likeness (QED) is 0.885. The molecule has 0 saturated carbocycles. The van der Waals surface area contributed by atoms with E-state index in [4.69, 9.17) is 0 Å². The van der Waals surface area contributed by atoms with Crippen molar-refractivity contribution in [2.75, 3.05) is 13.6 Å². The first-order valence-electron chi connectivity index (χ1n) is 7.21. The standard InChI is InChI=1S/C14H22N4O/c1-10-5-6-11(17(10)2)8-15-14(19)12-9-18-7-3-4-13(18)16-12/h9-11H,3-8H2,1-2H3,(H,15,19)/t10-,11-/m0/s1. The van der Waals surface area contributed by atoms with Gasteiger partial charge in [0.25, 0.3) is 5.91 Å². The number of nitrogens with zero attached hydrogens (tertiary/aromatic N) is 3. The van der Waals surface area contributed by atoms with E-state index in [1.165, 1.54) is 6.42 Å². The minimum atomic E-state index is -0.0325. The Hall–Kier alpha value is -1.36. The van der Waals surface area contributed by atoms with Crippen LogP contribution in [0.4, 0.5) is 0 Å². The third-order valence-corrected chi connectivity index (χ3v) is 4.58. The van der Waals surface area contributed by atoms with Crippen molar-refractivity contribution in [2.45, 2.75) is 51.2 Å². The number of fused-ring (bicyclic) bond motifs is 1. The lowest BCUT2D eigenvalue weighted by molar-refractivity contribution is 0.0936. The molecule has 19 heavy (non-hydrogen) atoms. The van der Waals surface area contributed by atoms with E-state index in [-0.39, 0.29) is 5.91 Å². The van der Waals surface area contributed by atoms with Crippen LogP contribution in [0.25, 0.3) is 0 Å². The van der Waals surface area contributed by atoms with Gasteiger partial charge in [0.05, 0.1) is 0 Å². The number of hydrogen-bond acceptors (Lipinski definition) is 3. The molecular formula is C14H22N4O. The Labute approximate surface area is 114 Å². The number of aromatic nitrogens is 2. The summed E-state index contributed by atoms with van der Waals surface area (Å²) in [7, 11) is 2.14. The Morgan fingerprint density at radius 1 is 1.53 bits per heavy atom. The summed E-state index contributed by atoms with van der Waals surface area (Å²) in [6.45, 7) is 3.96. The van der Waals surface area contributed by atoms with Crippen LogP contribution in [0.15, 0.2) is 6.20 Å². The van der Waals surface area contributed by atoms with E-state index in [0.29, 0.717) is 17.8 Å². The lowest BCUT2D eigenvalue weighted by atomic mass is 10.2. The van der Waals surface area contributed by atoms with Crippen molar-refractivity contribution < 1.29 is 4.79 Å². The molecule has 1 fully saturated rings. The number of carbonyl (C=O) groups excluding carboxylic acids is 1. The molecule has 104 valence electrons. The summed E-state index contributed by atoms with van der Waals surface area (Å²) in [4.78, 5) is 18.9. The first-order chi connectivity index (χ1) is 9.15. The molecule has 0 aliphatic carbocycles. The van der Waals surface area contributed by atoms with Gasteiger partial charge < -0.3 is 9.88 Å². The summed E-state index contributed by atoms with van der Waals surface area (Å²) < 4.78 is 2.10. The van der Waals surface area contributed by atoms with Crippen molar-refractivity contribution >= 4 is 5.91 Å².